The van der Waals surface area contributed by atoms with Gasteiger partial charge in [0.25, 0.3) is 0 Å². The predicted molar refractivity (Wildman–Crippen MR) is 46.1 cm³/mol. The zero-order valence-electron chi connectivity index (χ0n) is 8.77. The zero-order valence-corrected chi connectivity index (χ0v) is 8.77. The van der Waals surface area contributed by atoms with Crippen molar-refractivity contribution in [2.45, 2.75) is 32.9 Å². The van der Waals surface area contributed by atoms with E-state index in [-0.39, 0.29) is 6.42 Å². The van der Waals surface area contributed by atoms with Gasteiger partial charge in [-0.15, -0.1) is 0 Å². The molecule has 0 saturated heterocycles. The SMILES string of the molecule is COC(=O)C(C)(CCC(C)=O)C(F)(F)F. The minimum Gasteiger partial charge on any atom is -0.468 e. The van der Waals surface area contributed by atoms with Crippen molar-refractivity contribution in [1.82, 2.24) is 0 Å². The van der Waals surface area contributed by atoms with Crippen LogP contribution in [-0.2, 0) is 14.3 Å². The van der Waals surface area contributed by atoms with Crippen molar-refractivity contribution >= 4 is 11.8 Å². The van der Waals surface area contributed by atoms with E-state index in [0.29, 0.717) is 0 Å². The summed E-state index contributed by atoms with van der Waals surface area (Å²) < 4.78 is 41.8. The lowest BCUT2D eigenvalue weighted by molar-refractivity contribution is -0.230. The first-order chi connectivity index (χ1) is 6.65. The van der Waals surface area contributed by atoms with Gasteiger partial charge in [0.05, 0.1) is 7.11 Å². The molecule has 0 saturated carbocycles. The van der Waals surface area contributed by atoms with Crippen LogP contribution in [-0.4, -0.2) is 25.0 Å². The Bertz CT molecular complexity index is 260. The number of alkyl halides is 3. The van der Waals surface area contributed by atoms with Crippen LogP contribution in [0, 0.1) is 5.41 Å². The molecule has 0 fully saturated rings. The zero-order chi connectivity index (χ0) is 12.3. The summed E-state index contributed by atoms with van der Waals surface area (Å²) in [7, 11) is 0.889. The number of rotatable bonds is 4. The number of hydrogen-bond acceptors (Lipinski definition) is 3. The maximum Gasteiger partial charge on any atom is 0.404 e. The van der Waals surface area contributed by atoms with Crippen LogP contribution in [0.25, 0.3) is 0 Å². The van der Waals surface area contributed by atoms with Gasteiger partial charge < -0.3 is 9.53 Å². The van der Waals surface area contributed by atoms with Crippen molar-refractivity contribution in [2.24, 2.45) is 5.41 Å². The molecule has 1 atom stereocenters. The number of carbonyl (C=O) groups excluding carboxylic acids is 2. The Balaban J connectivity index is 4.87. The molecule has 3 nitrogen and oxygen atoms in total. The van der Waals surface area contributed by atoms with Gasteiger partial charge in [-0.05, 0) is 20.3 Å². The van der Waals surface area contributed by atoms with Gasteiger partial charge in [0, 0.05) is 6.42 Å². The van der Waals surface area contributed by atoms with Crippen molar-refractivity contribution in [3.63, 3.8) is 0 Å². The first-order valence-electron chi connectivity index (χ1n) is 4.29. The smallest absolute Gasteiger partial charge is 0.404 e. The van der Waals surface area contributed by atoms with Crippen LogP contribution >= 0.6 is 0 Å². The van der Waals surface area contributed by atoms with Crippen LogP contribution in [0.2, 0.25) is 0 Å². The van der Waals surface area contributed by atoms with Gasteiger partial charge in [-0.25, -0.2) is 0 Å². The Morgan fingerprint density at radius 2 is 1.73 bits per heavy atom. The fraction of sp³-hybridized carbons (Fsp3) is 0.778. The number of ether oxygens (including phenoxy) is 1. The lowest BCUT2D eigenvalue weighted by atomic mass is 9.84. The van der Waals surface area contributed by atoms with Crippen molar-refractivity contribution < 1.29 is 27.5 Å². The maximum atomic E-state index is 12.6. The van der Waals surface area contributed by atoms with E-state index in [1.807, 2.05) is 0 Å². The second kappa shape index (κ2) is 4.63. The van der Waals surface area contributed by atoms with Crippen LogP contribution in [0.5, 0.6) is 0 Å². The molecule has 0 aromatic rings. The highest BCUT2D eigenvalue weighted by Crippen LogP contribution is 2.42. The van der Waals surface area contributed by atoms with E-state index in [9.17, 15) is 22.8 Å². The third-order valence-corrected chi connectivity index (χ3v) is 2.24. The normalized spacial score (nSPS) is 15.6. The first-order valence-corrected chi connectivity index (χ1v) is 4.29. The lowest BCUT2D eigenvalue weighted by Gasteiger charge is -2.28. The molecule has 0 N–H and O–H groups in total. The number of halogens is 3. The third kappa shape index (κ3) is 3.21. The number of esters is 1. The number of Topliss-reactive ketones (excluding diaryl/α,β-unsaturated/α-hetero) is 1. The van der Waals surface area contributed by atoms with E-state index >= 15 is 0 Å². The van der Waals surface area contributed by atoms with Crippen molar-refractivity contribution in [3.8, 4) is 0 Å². The van der Waals surface area contributed by atoms with Crippen molar-refractivity contribution in [2.75, 3.05) is 7.11 Å². The topological polar surface area (TPSA) is 43.4 Å². The van der Waals surface area contributed by atoms with E-state index in [2.05, 4.69) is 4.74 Å². The van der Waals surface area contributed by atoms with E-state index in [1.165, 1.54) is 6.92 Å². The number of carbonyl (C=O) groups is 2. The molecular weight excluding hydrogens is 213 g/mol. The second-order valence-corrected chi connectivity index (χ2v) is 3.52. The number of ketones is 1. The summed E-state index contributed by atoms with van der Waals surface area (Å²) in [6.45, 7) is 1.91. The van der Waals surface area contributed by atoms with Gasteiger partial charge in [0.15, 0.2) is 5.41 Å². The summed E-state index contributed by atoms with van der Waals surface area (Å²) >= 11 is 0. The lowest BCUT2D eigenvalue weighted by Crippen LogP contribution is -2.43. The second-order valence-electron chi connectivity index (χ2n) is 3.52. The molecule has 0 bridgehead atoms. The Morgan fingerprint density at radius 3 is 2.00 bits per heavy atom. The summed E-state index contributed by atoms with van der Waals surface area (Å²) in [5.41, 5.74) is -2.60. The average Bonchev–Trinajstić information content (AvgIpc) is 2.10. The molecule has 0 amide bonds. The molecule has 0 aliphatic carbocycles. The van der Waals surface area contributed by atoms with Crippen molar-refractivity contribution in [3.05, 3.63) is 0 Å². The molecule has 0 spiro atoms. The number of hydrogen-bond donors (Lipinski definition) is 0. The molecule has 0 aliphatic heterocycles. The van der Waals surface area contributed by atoms with Gasteiger partial charge >= 0.3 is 12.1 Å². The summed E-state index contributed by atoms with van der Waals surface area (Å²) in [6, 6.07) is 0. The van der Waals surface area contributed by atoms with Gasteiger partial charge in [0.2, 0.25) is 0 Å². The van der Waals surface area contributed by atoms with E-state index in [0.717, 1.165) is 14.0 Å². The van der Waals surface area contributed by atoms with Crippen LogP contribution in [0.3, 0.4) is 0 Å². The third-order valence-electron chi connectivity index (χ3n) is 2.24. The Hall–Kier alpha value is -1.07. The fourth-order valence-electron chi connectivity index (χ4n) is 1.01. The fourth-order valence-corrected chi connectivity index (χ4v) is 1.01. The molecule has 0 heterocycles. The van der Waals surface area contributed by atoms with Crippen LogP contribution in [0.1, 0.15) is 26.7 Å². The first kappa shape index (κ1) is 13.9. The van der Waals surface area contributed by atoms with Gasteiger partial charge in [-0.2, -0.15) is 13.2 Å². The van der Waals surface area contributed by atoms with Crippen LogP contribution in [0.4, 0.5) is 13.2 Å². The molecular formula is C9H13F3O3. The highest BCUT2D eigenvalue weighted by molar-refractivity contribution is 5.80. The minimum atomic E-state index is -4.71. The highest BCUT2D eigenvalue weighted by Gasteiger charge is 2.57. The molecule has 0 aromatic heterocycles. The van der Waals surface area contributed by atoms with Crippen molar-refractivity contribution in [1.29, 1.82) is 0 Å². The summed E-state index contributed by atoms with van der Waals surface area (Å²) in [6.07, 6.45) is -5.60. The van der Waals surface area contributed by atoms with Gasteiger partial charge in [0.1, 0.15) is 5.78 Å². The maximum absolute atomic E-state index is 12.6. The highest BCUT2D eigenvalue weighted by atomic mass is 19.4. The Morgan fingerprint density at radius 1 is 1.27 bits per heavy atom. The summed E-state index contributed by atoms with van der Waals surface area (Å²) in [5.74, 6) is -1.76. The Labute approximate surface area is 85.6 Å². The Kier molecular flexibility index (Phi) is 4.30. The molecule has 0 rings (SSSR count). The van der Waals surface area contributed by atoms with Gasteiger partial charge in [-0.3, -0.25) is 4.79 Å². The quantitative estimate of drug-likeness (QED) is 0.689. The molecule has 88 valence electrons. The average molecular weight is 226 g/mol. The molecule has 6 heteroatoms. The molecule has 15 heavy (non-hydrogen) atoms. The monoisotopic (exact) mass is 226 g/mol. The van der Waals surface area contributed by atoms with E-state index < -0.39 is 29.8 Å². The van der Waals surface area contributed by atoms with Crippen LogP contribution in [0.15, 0.2) is 0 Å². The molecule has 0 aliphatic rings. The molecule has 0 radical (unpaired) electrons. The summed E-state index contributed by atoms with van der Waals surface area (Å²) in [4.78, 5) is 21.6. The molecule has 1 unspecified atom stereocenters. The largest absolute Gasteiger partial charge is 0.468 e. The van der Waals surface area contributed by atoms with E-state index in [1.54, 1.807) is 0 Å². The number of methoxy groups -OCH3 is 1. The predicted octanol–water partition coefficient (Wildman–Crippen LogP) is 2.10. The molecule has 0 aromatic carbocycles. The van der Waals surface area contributed by atoms with Crippen LogP contribution < -0.4 is 0 Å². The van der Waals surface area contributed by atoms with Gasteiger partial charge in [-0.1, -0.05) is 0 Å². The van der Waals surface area contributed by atoms with E-state index in [4.69, 9.17) is 0 Å². The minimum absolute atomic E-state index is 0.300. The standard InChI is InChI=1S/C9H13F3O3/c1-6(13)4-5-8(2,7(14)15-3)9(10,11)12/h4-5H2,1-3H3. The summed E-state index contributed by atoms with van der Waals surface area (Å²) in [5, 5.41) is 0.